The second kappa shape index (κ2) is 6.89. The minimum Gasteiger partial charge on any atom is -0.326 e. The summed E-state index contributed by atoms with van der Waals surface area (Å²) in [5.41, 5.74) is 9.51. The Morgan fingerprint density at radius 1 is 1.10 bits per heavy atom. The molecule has 0 spiro atoms. The highest BCUT2D eigenvalue weighted by Gasteiger charge is 2.13. The van der Waals surface area contributed by atoms with E-state index in [1.165, 1.54) is 16.7 Å². The lowest BCUT2D eigenvalue weighted by Gasteiger charge is -2.26. The quantitative estimate of drug-likeness (QED) is 0.901. The van der Waals surface area contributed by atoms with Crippen molar-refractivity contribution < 1.29 is 0 Å². The standard InChI is InChI=1S/C17H21ClN2/c1-13(14-8-5-9-17(18)10-14)20(2)12-16-7-4-3-6-15(16)11-19/h3-10,13H,11-12,19H2,1-2H3. The lowest BCUT2D eigenvalue weighted by atomic mass is 10.0. The van der Waals surface area contributed by atoms with Crippen LogP contribution in [-0.4, -0.2) is 11.9 Å². The Labute approximate surface area is 126 Å². The van der Waals surface area contributed by atoms with E-state index in [0.717, 1.165) is 11.6 Å². The predicted molar refractivity (Wildman–Crippen MR) is 85.7 cm³/mol. The molecule has 0 amide bonds. The zero-order valence-corrected chi connectivity index (χ0v) is 12.8. The molecule has 2 aromatic rings. The van der Waals surface area contributed by atoms with Crippen LogP contribution in [0.2, 0.25) is 5.02 Å². The molecule has 0 aromatic heterocycles. The molecule has 2 nitrogen and oxygen atoms in total. The minimum absolute atomic E-state index is 0.305. The summed E-state index contributed by atoms with van der Waals surface area (Å²) in [6.07, 6.45) is 0. The van der Waals surface area contributed by atoms with Crippen LogP contribution in [0.4, 0.5) is 0 Å². The van der Waals surface area contributed by atoms with E-state index in [-0.39, 0.29) is 0 Å². The average Bonchev–Trinajstić information content (AvgIpc) is 2.47. The average molecular weight is 289 g/mol. The zero-order chi connectivity index (χ0) is 14.5. The maximum atomic E-state index is 6.07. The van der Waals surface area contributed by atoms with Gasteiger partial charge in [-0.1, -0.05) is 48.0 Å². The van der Waals surface area contributed by atoms with Crippen LogP contribution < -0.4 is 5.73 Å². The molecule has 3 heteroatoms. The highest BCUT2D eigenvalue weighted by molar-refractivity contribution is 6.30. The van der Waals surface area contributed by atoms with Crippen molar-refractivity contribution in [3.05, 3.63) is 70.2 Å². The van der Waals surface area contributed by atoms with E-state index in [0.29, 0.717) is 12.6 Å². The van der Waals surface area contributed by atoms with Crippen molar-refractivity contribution in [3.8, 4) is 0 Å². The SMILES string of the molecule is CC(c1cccc(Cl)c1)N(C)Cc1ccccc1CN. The molecule has 0 saturated carbocycles. The Kier molecular flexibility index (Phi) is 5.18. The molecule has 20 heavy (non-hydrogen) atoms. The molecule has 0 aliphatic carbocycles. The van der Waals surface area contributed by atoms with Gasteiger partial charge in [0.25, 0.3) is 0 Å². The number of nitrogens with zero attached hydrogens (tertiary/aromatic N) is 1. The summed E-state index contributed by atoms with van der Waals surface area (Å²) in [6.45, 7) is 3.65. The molecule has 0 heterocycles. The number of halogens is 1. The Bertz CT molecular complexity index is 568. The molecule has 0 aliphatic rings. The summed E-state index contributed by atoms with van der Waals surface area (Å²) in [4.78, 5) is 2.31. The maximum Gasteiger partial charge on any atom is 0.0409 e. The monoisotopic (exact) mass is 288 g/mol. The minimum atomic E-state index is 0.305. The Morgan fingerprint density at radius 2 is 1.80 bits per heavy atom. The first-order valence-corrected chi connectivity index (χ1v) is 7.22. The molecule has 1 atom stereocenters. The molecule has 0 radical (unpaired) electrons. The first-order chi connectivity index (χ1) is 9.61. The van der Waals surface area contributed by atoms with Crippen molar-refractivity contribution in [2.45, 2.75) is 26.1 Å². The molecule has 0 bridgehead atoms. The lowest BCUT2D eigenvalue weighted by Crippen LogP contribution is -2.22. The number of benzene rings is 2. The van der Waals surface area contributed by atoms with Gasteiger partial charge < -0.3 is 5.73 Å². The molecular formula is C17H21ClN2. The van der Waals surface area contributed by atoms with Gasteiger partial charge in [-0.2, -0.15) is 0 Å². The van der Waals surface area contributed by atoms with Crippen LogP contribution in [0.1, 0.15) is 29.7 Å². The third-order valence-corrected chi connectivity index (χ3v) is 3.99. The Morgan fingerprint density at radius 3 is 2.45 bits per heavy atom. The van der Waals surface area contributed by atoms with Crippen LogP contribution in [0.15, 0.2) is 48.5 Å². The van der Waals surface area contributed by atoms with Crippen molar-refractivity contribution in [3.63, 3.8) is 0 Å². The van der Waals surface area contributed by atoms with E-state index >= 15 is 0 Å². The molecule has 2 aromatic carbocycles. The number of hydrogen-bond donors (Lipinski definition) is 1. The lowest BCUT2D eigenvalue weighted by molar-refractivity contribution is 0.252. The fourth-order valence-corrected chi connectivity index (χ4v) is 2.54. The number of nitrogens with two attached hydrogens (primary N) is 1. The topological polar surface area (TPSA) is 29.3 Å². The van der Waals surface area contributed by atoms with Crippen molar-refractivity contribution in [2.24, 2.45) is 5.73 Å². The molecule has 0 fully saturated rings. The van der Waals surface area contributed by atoms with Crippen LogP contribution in [0.25, 0.3) is 0 Å². The van der Waals surface area contributed by atoms with Gasteiger partial charge in [-0.05, 0) is 42.8 Å². The predicted octanol–water partition coefficient (Wildman–Crippen LogP) is 3.99. The zero-order valence-electron chi connectivity index (χ0n) is 12.0. The highest BCUT2D eigenvalue weighted by Crippen LogP contribution is 2.24. The normalized spacial score (nSPS) is 12.7. The number of hydrogen-bond acceptors (Lipinski definition) is 2. The smallest absolute Gasteiger partial charge is 0.0409 e. The summed E-state index contributed by atoms with van der Waals surface area (Å²) in [5, 5.41) is 0.783. The first-order valence-electron chi connectivity index (χ1n) is 6.84. The summed E-state index contributed by atoms with van der Waals surface area (Å²) in [6, 6.07) is 16.7. The second-order valence-corrected chi connectivity index (χ2v) is 5.56. The van der Waals surface area contributed by atoms with Crippen LogP contribution in [0.3, 0.4) is 0 Å². The second-order valence-electron chi connectivity index (χ2n) is 5.12. The Balaban J connectivity index is 2.13. The van der Waals surface area contributed by atoms with E-state index in [2.05, 4.69) is 43.1 Å². The van der Waals surface area contributed by atoms with Crippen LogP contribution in [-0.2, 0) is 13.1 Å². The first kappa shape index (κ1) is 15.0. The molecule has 2 rings (SSSR count). The summed E-state index contributed by atoms with van der Waals surface area (Å²) in [7, 11) is 2.12. The van der Waals surface area contributed by atoms with Gasteiger partial charge >= 0.3 is 0 Å². The van der Waals surface area contributed by atoms with Crippen LogP contribution in [0.5, 0.6) is 0 Å². The van der Waals surface area contributed by atoms with Crippen molar-refractivity contribution in [1.29, 1.82) is 0 Å². The summed E-state index contributed by atoms with van der Waals surface area (Å²) in [5.74, 6) is 0. The molecule has 106 valence electrons. The summed E-state index contributed by atoms with van der Waals surface area (Å²) < 4.78 is 0. The van der Waals surface area contributed by atoms with Crippen molar-refractivity contribution in [2.75, 3.05) is 7.05 Å². The van der Waals surface area contributed by atoms with E-state index < -0.39 is 0 Å². The van der Waals surface area contributed by atoms with Crippen molar-refractivity contribution in [1.82, 2.24) is 4.90 Å². The Hall–Kier alpha value is -1.35. The third-order valence-electron chi connectivity index (χ3n) is 3.75. The van der Waals surface area contributed by atoms with Crippen molar-refractivity contribution >= 4 is 11.6 Å². The van der Waals surface area contributed by atoms with Crippen LogP contribution in [0, 0.1) is 0 Å². The van der Waals surface area contributed by atoms with E-state index in [4.69, 9.17) is 17.3 Å². The van der Waals surface area contributed by atoms with Gasteiger partial charge in [0.05, 0.1) is 0 Å². The molecule has 1 unspecified atom stereocenters. The number of rotatable bonds is 5. The van der Waals surface area contributed by atoms with Gasteiger partial charge in [-0.25, -0.2) is 0 Å². The van der Waals surface area contributed by atoms with Gasteiger partial charge in [-0.3, -0.25) is 4.90 Å². The van der Waals surface area contributed by atoms with Gasteiger partial charge in [0.1, 0.15) is 0 Å². The maximum absolute atomic E-state index is 6.07. The summed E-state index contributed by atoms with van der Waals surface area (Å²) >= 11 is 6.07. The van der Waals surface area contributed by atoms with Gasteiger partial charge in [0.15, 0.2) is 0 Å². The molecule has 0 saturated heterocycles. The fraction of sp³-hybridized carbons (Fsp3) is 0.294. The fourth-order valence-electron chi connectivity index (χ4n) is 2.34. The van der Waals surface area contributed by atoms with Gasteiger partial charge in [0, 0.05) is 24.2 Å². The molecule has 2 N–H and O–H groups in total. The third kappa shape index (κ3) is 3.60. The molecule has 0 aliphatic heterocycles. The highest BCUT2D eigenvalue weighted by atomic mass is 35.5. The largest absolute Gasteiger partial charge is 0.326 e. The van der Waals surface area contributed by atoms with Crippen LogP contribution >= 0.6 is 11.6 Å². The van der Waals surface area contributed by atoms with Gasteiger partial charge in [-0.15, -0.1) is 0 Å². The molecular weight excluding hydrogens is 268 g/mol. The van der Waals surface area contributed by atoms with Gasteiger partial charge in [0.2, 0.25) is 0 Å². The van der Waals surface area contributed by atoms with E-state index in [1.807, 2.05) is 24.3 Å². The van der Waals surface area contributed by atoms with E-state index in [9.17, 15) is 0 Å². The van der Waals surface area contributed by atoms with E-state index in [1.54, 1.807) is 0 Å².